The molecule has 0 spiro atoms. The Morgan fingerprint density at radius 1 is 0.926 bits per heavy atom. The molecule has 2 aromatic rings. The molecule has 0 N–H and O–H groups in total. The van der Waals surface area contributed by atoms with E-state index in [4.69, 9.17) is 0 Å². The quantitative estimate of drug-likeness (QED) is 0.680. The van der Waals surface area contributed by atoms with Gasteiger partial charge in [0.25, 0.3) is 0 Å². The van der Waals surface area contributed by atoms with Gasteiger partial charge in [-0.1, -0.05) is 60.2 Å². The summed E-state index contributed by atoms with van der Waals surface area (Å²) in [4.78, 5) is 2.97. The van der Waals surface area contributed by atoms with Crippen molar-refractivity contribution in [3.05, 3.63) is 89.0 Å². The first-order valence-corrected chi connectivity index (χ1v) is 11.0. The van der Waals surface area contributed by atoms with Gasteiger partial charge in [0.1, 0.15) is 0 Å². The van der Waals surface area contributed by atoms with Crippen molar-refractivity contribution < 1.29 is 8.42 Å². The molecule has 4 heteroatoms. The Labute approximate surface area is 163 Å². The fraction of sp³-hybridized carbons (Fsp3) is 0.304. The van der Waals surface area contributed by atoms with Crippen LogP contribution in [0, 0.1) is 6.92 Å². The molecule has 0 radical (unpaired) electrons. The van der Waals surface area contributed by atoms with E-state index in [9.17, 15) is 8.42 Å². The summed E-state index contributed by atoms with van der Waals surface area (Å²) in [6.45, 7) is 3.54. The Kier molecular flexibility index (Phi) is 6.51. The maximum absolute atomic E-state index is 13.2. The third kappa shape index (κ3) is 5.33. The molecule has 142 valence electrons. The van der Waals surface area contributed by atoms with Crippen LogP contribution in [0.1, 0.15) is 36.8 Å². The highest BCUT2D eigenvalue weighted by molar-refractivity contribution is 7.95. The number of hydrogen-bond donors (Lipinski definition) is 0. The molecule has 3 nitrogen and oxygen atoms in total. The molecule has 0 bridgehead atoms. The van der Waals surface area contributed by atoms with E-state index >= 15 is 0 Å². The van der Waals surface area contributed by atoms with Crippen LogP contribution in [-0.2, 0) is 16.4 Å². The second-order valence-corrected chi connectivity index (χ2v) is 9.04. The minimum absolute atomic E-state index is 0.365. The van der Waals surface area contributed by atoms with Crippen LogP contribution >= 0.6 is 0 Å². The molecule has 0 atom stereocenters. The van der Waals surface area contributed by atoms with Gasteiger partial charge in [0, 0.05) is 25.7 Å². The molecule has 1 heterocycles. The van der Waals surface area contributed by atoms with Crippen LogP contribution in [0.25, 0.3) is 0 Å². The van der Waals surface area contributed by atoms with Crippen LogP contribution in [-0.4, -0.2) is 19.9 Å². The van der Waals surface area contributed by atoms with E-state index in [-0.39, 0.29) is 0 Å². The summed E-state index contributed by atoms with van der Waals surface area (Å²) >= 11 is 0. The maximum Gasteiger partial charge on any atom is 0.204 e. The number of hydrogen-bond acceptors (Lipinski definition) is 3. The number of allylic oxidation sites excluding steroid dienone is 3. The van der Waals surface area contributed by atoms with Gasteiger partial charge in [-0.2, -0.15) is 0 Å². The number of rotatable bonds is 4. The van der Waals surface area contributed by atoms with Gasteiger partial charge >= 0.3 is 0 Å². The van der Waals surface area contributed by atoms with Crippen molar-refractivity contribution >= 4 is 9.84 Å². The summed E-state index contributed by atoms with van der Waals surface area (Å²) in [6.07, 6.45) is 9.55. The molecule has 27 heavy (non-hydrogen) atoms. The van der Waals surface area contributed by atoms with Crippen molar-refractivity contribution in [1.29, 1.82) is 0 Å². The SMILES string of the molecule is Cc1ccc(S(=O)(=O)/C2=C/N(Cc3ccccc3)CCCC/C=C/C2)cc1. The van der Waals surface area contributed by atoms with Gasteiger partial charge in [0.2, 0.25) is 9.84 Å². The molecule has 1 aliphatic rings. The molecule has 1 aliphatic heterocycles. The summed E-state index contributed by atoms with van der Waals surface area (Å²) < 4.78 is 26.5. The largest absolute Gasteiger partial charge is 0.372 e. The Hall–Kier alpha value is -2.33. The lowest BCUT2D eigenvalue weighted by molar-refractivity contribution is 0.356. The Morgan fingerprint density at radius 3 is 2.41 bits per heavy atom. The zero-order chi connectivity index (χ0) is 19.1. The fourth-order valence-corrected chi connectivity index (χ4v) is 4.61. The molecular weight excluding hydrogens is 354 g/mol. The second-order valence-electron chi connectivity index (χ2n) is 7.04. The van der Waals surface area contributed by atoms with E-state index in [1.807, 2.05) is 49.5 Å². The molecule has 3 rings (SSSR count). The van der Waals surface area contributed by atoms with Crippen molar-refractivity contribution in [2.24, 2.45) is 0 Å². The highest BCUT2D eigenvalue weighted by Crippen LogP contribution is 2.25. The van der Waals surface area contributed by atoms with E-state index in [0.29, 0.717) is 16.2 Å². The molecule has 0 unspecified atom stereocenters. The van der Waals surface area contributed by atoms with Gasteiger partial charge in [-0.05, 0) is 43.9 Å². The molecule has 2 aromatic carbocycles. The second kappa shape index (κ2) is 9.05. The molecular formula is C23H27NO2S. The van der Waals surface area contributed by atoms with Crippen molar-refractivity contribution in [3.63, 3.8) is 0 Å². The number of nitrogens with zero attached hydrogens (tertiary/aromatic N) is 1. The Morgan fingerprint density at radius 2 is 1.67 bits per heavy atom. The summed E-state index contributed by atoms with van der Waals surface area (Å²) in [5.41, 5.74) is 2.24. The minimum atomic E-state index is -3.50. The van der Waals surface area contributed by atoms with E-state index < -0.39 is 9.84 Å². The molecule has 0 saturated heterocycles. The van der Waals surface area contributed by atoms with Crippen LogP contribution in [0.2, 0.25) is 0 Å². The number of benzene rings is 2. The lowest BCUT2D eigenvalue weighted by Gasteiger charge is -2.23. The van der Waals surface area contributed by atoms with Crippen molar-refractivity contribution in [2.45, 2.75) is 44.0 Å². The third-order valence-corrected chi connectivity index (χ3v) is 6.64. The van der Waals surface area contributed by atoms with Crippen molar-refractivity contribution in [2.75, 3.05) is 6.54 Å². The highest BCUT2D eigenvalue weighted by atomic mass is 32.2. The molecule has 0 aromatic heterocycles. The Balaban J connectivity index is 1.95. The monoisotopic (exact) mass is 381 g/mol. The highest BCUT2D eigenvalue weighted by Gasteiger charge is 2.21. The zero-order valence-electron chi connectivity index (χ0n) is 15.8. The third-order valence-electron chi connectivity index (χ3n) is 4.78. The van der Waals surface area contributed by atoms with Crippen LogP contribution < -0.4 is 0 Å². The van der Waals surface area contributed by atoms with E-state index in [0.717, 1.165) is 37.9 Å². The van der Waals surface area contributed by atoms with E-state index in [1.165, 1.54) is 5.56 Å². The topological polar surface area (TPSA) is 37.4 Å². The van der Waals surface area contributed by atoms with Crippen LogP contribution in [0.3, 0.4) is 0 Å². The number of sulfone groups is 1. The molecule has 0 saturated carbocycles. The van der Waals surface area contributed by atoms with Crippen LogP contribution in [0.15, 0.2) is 82.7 Å². The zero-order valence-corrected chi connectivity index (χ0v) is 16.7. The summed E-state index contributed by atoms with van der Waals surface area (Å²) in [5.74, 6) is 0. The predicted octanol–water partition coefficient (Wildman–Crippen LogP) is 5.24. The molecule has 0 aliphatic carbocycles. The van der Waals surface area contributed by atoms with Crippen molar-refractivity contribution in [3.8, 4) is 0 Å². The average Bonchev–Trinajstić information content (AvgIpc) is 2.67. The lowest BCUT2D eigenvalue weighted by Crippen LogP contribution is -2.21. The van der Waals surface area contributed by atoms with Gasteiger partial charge in [-0.25, -0.2) is 8.42 Å². The maximum atomic E-state index is 13.2. The van der Waals surface area contributed by atoms with Gasteiger partial charge in [-0.15, -0.1) is 0 Å². The summed E-state index contributed by atoms with van der Waals surface area (Å²) in [6, 6.07) is 17.3. The smallest absolute Gasteiger partial charge is 0.204 e. The van der Waals surface area contributed by atoms with E-state index in [1.54, 1.807) is 12.1 Å². The van der Waals surface area contributed by atoms with E-state index in [2.05, 4.69) is 23.1 Å². The first-order chi connectivity index (χ1) is 13.1. The van der Waals surface area contributed by atoms with Gasteiger partial charge < -0.3 is 4.90 Å². The Bertz CT molecular complexity index is 897. The number of aryl methyl sites for hydroxylation is 1. The minimum Gasteiger partial charge on any atom is -0.372 e. The first-order valence-electron chi connectivity index (χ1n) is 9.51. The van der Waals surface area contributed by atoms with Gasteiger partial charge in [0.15, 0.2) is 0 Å². The molecule has 0 amide bonds. The normalized spacial score (nSPS) is 19.1. The predicted molar refractivity (Wildman–Crippen MR) is 111 cm³/mol. The first kappa shape index (κ1) is 19.4. The fourth-order valence-electron chi connectivity index (χ4n) is 3.21. The van der Waals surface area contributed by atoms with Gasteiger partial charge in [0.05, 0.1) is 9.80 Å². The summed E-state index contributed by atoms with van der Waals surface area (Å²) in [5, 5.41) is 0. The molecule has 0 fully saturated rings. The van der Waals surface area contributed by atoms with Crippen LogP contribution in [0.4, 0.5) is 0 Å². The summed E-state index contributed by atoms with van der Waals surface area (Å²) in [7, 11) is -3.50. The lowest BCUT2D eigenvalue weighted by atomic mass is 10.1. The van der Waals surface area contributed by atoms with Crippen LogP contribution in [0.5, 0.6) is 0 Å². The average molecular weight is 382 g/mol. The standard InChI is InChI=1S/C23H27NO2S/c1-20-13-15-22(16-14-20)27(25,26)23-12-8-3-2-4-9-17-24(19-23)18-21-10-6-5-7-11-21/h3,5-8,10-11,13-16,19H,2,4,9,12,17-18H2,1H3/b8-3+,23-19+. The van der Waals surface area contributed by atoms with Gasteiger partial charge in [-0.3, -0.25) is 0 Å². The van der Waals surface area contributed by atoms with Crippen molar-refractivity contribution in [1.82, 2.24) is 4.90 Å².